The number of nitro benzene ring substituents is 1. The smallest absolute Gasteiger partial charge is 0.344 e. The normalized spacial score (nSPS) is 10.7. The van der Waals surface area contributed by atoms with Gasteiger partial charge in [-0.1, -0.05) is 6.07 Å². The summed E-state index contributed by atoms with van der Waals surface area (Å²) in [6, 6.07) is 12.8. The predicted octanol–water partition coefficient (Wildman–Crippen LogP) is 3.61. The van der Waals surface area contributed by atoms with Gasteiger partial charge < -0.3 is 14.2 Å². The van der Waals surface area contributed by atoms with Gasteiger partial charge in [-0.15, -0.1) is 0 Å². The lowest BCUT2D eigenvalue weighted by Gasteiger charge is -2.11. The number of ether oxygens (including phenoxy) is 3. The van der Waals surface area contributed by atoms with Gasteiger partial charge in [-0.3, -0.25) is 10.1 Å². The highest BCUT2D eigenvalue weighted by Gasteiger charge is 2.10. The van der Waals surface area contributed by atoms with Crippen LogP contribution in [-0.4, -0.2) is 31.2 Å². The first-order chi connectivity index (χ1) is 13.5. The maximum absolute atomic E-state index is 11.4. The van der Waals surface area contributed by atoms with Gasteiger partial charge in [-0.25, -0.2) is 4.79 Å². The van der Waals surface area contributed by atoms with Crippen LogP contribution in [-0.2, 0) is 9.53 Å². The lowest BCUT2D eigenvalue weighted by molar-refractivity contribution is -0.384. The molecule has 0 aromatic heterocycles. The van der Waals surface area contributed by atoms with Crippen molar-refractivity contribution < 1.29 is 23.9 Å². The number of hydrogen-bond acceptors (Lipinski definition) is 7. The Bertz CT molecular complexity index is 929. The highest BCUT2D eigenvalue weighted by Crippen LogP contribution is 2.30. The van der Waals surface area contributed by atoms with E-state index in [0.717, 1.165) is 0 Å². The zero-order chi connectivity index (χ0) is 20.5. The van der Waals surface area contributed by atoms with Crippen molar-refractivity contribution in [1.29, 1.82) is 5.26 Å². The summed E-state index contributed by atoms with van der Waals surface area (Å²) in [7, 11) is 1.46. The van der Waals surface area contributed by atoms with E-state index < -0.39 is 10.9 Å². The lowest BCUT2D eigenvalue weighted by Crippen LogP contribution is -2.14. The standard InChI is InChI=1S/C20H18N2O6/c1-3-27-20(23)13-28-18-9-4-14(11-19(18)26-2)10-16(12-21)15-5-7-17(8-6-15)22(24)25/h4-11H,3,13H2,1-2H3/b16-10-. The quantitative estimate of drug-likeness (QED) is 0.225. The molecule has 0 amide bonds. The highest BCUT2D eigenvalue weighted by molar-refractivity contribution is 5.90. The van der Waals surface area contributed by atoms with Crippen LogP contribution in [0.4, 0.5) is 5.69 Å². The number of non-ortho nitro benzene ring substituents is 1. The Morgan fingerprint density at radius 1 is 1.21 bits per heavy atom. The van der Waals surface area contributed by atoms with E-state index in [4.69, 9.17) is 14.2 Å². The van der Waals surface area contributed by atoms with Crippen LogP contribution in [0.2, 0.25) is 0 Å². The highest BCUT2D eigenvalue weighted by atomic mass is 16.6. The number of rotatable bonds is 8. The molecule has 0 spiro atoms. The predicted molar refractivity (Wildman–Crippen MR) is 102 cm³/mol. The van der Waals surface area contributed by atoms with Gasteiger partial charge in [-0.2, -0.15) is 5.26 Å². The molecule has 0 aliphatic carbocycles. The number of nitro groups is 1. The third kappa shape index (κ3) is 5.32. The molecule has 0 saturated carbocycles. The van der Waals surface area contributed by atoms with Gasteiger partial charge in [-0.05, 0) is 48.4 Å². The molecule has 28 heavy (non-hydrogen) atoms. The van der Waals surface area contributed by atoms with Crippen molar-refractivity contribution in [3.63, 3.8) is 0 Å². The Morgan fingerprint density at radius 2 is 1.93 bits per heavy atom. The molecule has 0 atom stereocenters. The van der Waals surface area contributed by atoms with Crippen molar-refractivity contribution in [3.8, 4) is 17.6 Å². The minimum absolute atomic E-state index is 0.0502. The van der Waals surface area contributed by atoms with Gasteiger partial charge in [0.25, 0.3) is 5.69 Å². The van der Waals surface area contributed by atoms with Crippen molar-refractivity contribution in [2.45, 2.75) is 6.92 Å². The van der Waals surface area contributed by atoms with Gasteiger partial charge in [0, 0.05) is 12.1 Å². The van der Waals surface area contributed by atoms with E-state index in [2.05, 4.69) is 6.07 Å². The average molecular weight is 382 g/mol. The summed E-state index contributed by atoms with van der Waals surface area (Å²) in [6.45, 7) is 1.73. The zero-order valence-corrected chi connectivity index (χ0v) is 15.4. The van der Waals surface area contributed by atoms with Crippen molar-refractivity contribution in [3.05, 3.63) is 63.7 Å². The van der Waals surface area contributed by atoms with Crippen molar-refractivity contribution in [1.82, 2.24) is 0 Å². The van der Waals surface area contributed by atoms with Gasteiger partial charge >= 0.3 is 5.97 Å². The molecule has 0 aliphatic rings. The Morgan fingerprint density at radius 3 is 2.50 bits per heavy atom. The van der Waals surface area contributed by atoms with Crippen LogP contribution in [0.5, 0.6) is 11.5 Å². The fourth-order valence-electron chi connectivity index (χ4n) is 2.34. The number of esters is 1. The zero-order valence-electron chi connectivity index (χ0n) is 15.4. The minimum atomic E-state index is -0.501. The van der Waals surface area contributed by atoms with Crippen molar-refractivity contribution in [2.75, 3.05) is 20.3 Å². The second-order valence-corrected chi connectivity index (χ2v) is 5.48. The van der Waals surface area contributed by atoms with Crippen LogP contribution in [0.25, 0.3) is 11.6 Å². The van der Waals surface area contributed by atoms with Crippen LogP contribution in [0.15, 0.2) is 42.5 Å². The number of carbonyl (C=O) groups is 1. The SMILES string of the molecule is CCOC(=O)COc1ccc(/C=C(/C#N)c2ccc([N+](=O)[O-])cc2)cc1OC. The summed E-state index contributed by atoms with van der Waals surface area (Å²) >= 11 is 0. The number of hydrogen-bond donors (Lipinski definition) is 0. The van der Waals surface area contributed by atoms with Gasteiger partial charge in [0.05, 0.1) is 30.3 Å². The van der Waals surface area contributed by atoms with Crippen LogP contribution < -0.4 is 9.47 Å². The number of allylic oxidation sites excluding steroid dienone is 1. The summed E-state index contributed by atoms with van der Waals surface area (Å²) < 4.78 is 15.5. The molecule has 0 aliphatic heterocycles. The average Bonchev–Trinajstić information content (AvgIpc) is 2.71. The number of carbonyl (C=O) groups excluding carboxylic acids is 1. The maximum Gasteiger partial charge on any atom is 0.344 e. The number of nitriles is 1. The summed E-state index contributed by atoms with van der Waals surface area (Å²) in [5.41, 5.74) is 1.49. The topological polar surface area (TPSA) is 112 Å². The van der Waals surface area contributed by atoms with Crippen LogP contribution in [0.3, 0.4) is 0 Å². The largest absolute Gasteiger partial charge is 0.493 e. The Balaban J connectivity index is 2.24. The minimum Gasteiger partial charge on any atom is -0.493 e. The molecule has 0 radical (unpaired) electrons. The van der Waals surface area contributed by atoms with E-state index in [1.54, 1.807) is 31.2 Å². The molecular weight excluding hydrogens is 364 g/mol. The third-order valence-electron chi connectivity index (χ3n) is 3.66. The monoisotopic (exact) mass is 382 g/mol. The molecule has 2 aromatic rings. The number of methoxy groups -OCH3 is 1. The van der Waals surface area contributed by atoms with Crippen LogP contribution >= 0.6 is 0 Å². The molecule has 0 saturated heterocycles. The Kier molecular flexibility index (Phi) is 7.11. The van der Waals surface area contributed by atoms with E-state index in [-0.39, 0.29) is 18.9 Å². The van der Waals surface area contributed by atoms with Crippen LogP contribution in [0.1, 0.15) is 18.1 Å². The second kappa shape index (κ2) is 9.73. The summed E-state index contributed by atoms with van der Waals surface area (Å²) in [6.07, 6.45) is 1.62. The van der Waals surface area contributed by atoms with E-state index in [1.807, 2.05) is 0 Å². The molecule has 2 rings (SSSR count). The fraction of sp³-hybridized carbons (Fsp3) is 0.200. The van der Waals surface area contributed by atoms with E-state index >= 15 is 0 Å². The fourth-order valence-corrected chi connectivity index (χ4v) is 2.34. The molecule has 8 nitrogen and oxygen atoms in total. The van der Waals surface area contributed by atoms with Gasteiger partial charge in [0.2, 0.25) is 0 Å². The van der Waals surface area contributed by atoms with Gasteiger partial charge in [0.1, 0.15) is 0 Å². The molecule has 0 heterocycles. The Hall–Kier alpha value is -3.86. The third-order valence-corrected chi connectivity index (χ3v) is 3.66. The molecule has 0 bridgehead atoms. The van der Waals surface area contributed by atoms with Crippen molar-refractivity contribution in [2.24, 2.45) is 0 Å². The van der Waals surface area contributed by atoms with E-state index in [9.17, 15) is 20.2 Å². The molecular formula is C20H18N2O6. The molecule has 0 fully saturated rings. The number of nitrogens with zero attached hydrogens (tertiary/aromatic N) is 2. The maximum atomic E-state index is 11.4. The molecule has 2 aromatic carbocycles. The lowest BCUT2D eigenvalue weighted by atomic mass is 10.0. The molecule has 144 valence electrons. The first-order valence-electron chi connectivity index (χ1n) is 8.31. The van der Waals surface area contributed by atoms with E-state index in [1.165, 1.54) is 31.4 Å². The summed E-state index contributed by atoms with van der Waals surface area (Å²) in [5, 5.41) is 20.2. The van der Waals surface area contributed by atoms with E-state index in [0.29, 0.717) is 28.2 Å². The Labute approximate surface area is 161 Å². The second-order valence-electron chi connectivity index (χ2n) is 5.48. The van der Waals surface area contributed by atoms with Gasteiger partial charge in [0.15, 0.2) is 18.1 Å². The van der Waals surface area contributed by atoms with Crippen molar-refractivity contribution >= 4 is 23.3 Å². The molecule has 0 N–H and O–H groups in total. The first-order valence-corrected chi connectivity index (χ1v) is 8.31. The first kappa shape index (κ1) is 20.5. The summed E-state index contributed by atoms with van der Waals surface area (Å²) in [5.74, 6) is 0.263. The summed E-state index contributed by atoms with van der Waals surface area (Å²) in [4.78, 5) is 21.7. The number of benzene rings is 2. The molecule has 8 heteroatoms. The van der Waals surface area contributed by atoms with Crippen LogP contribution in [0, 0.1) is 21.4 Å². The molecule has 0 unspecified atom stereocenters.